The smallest absolute Gasteiger partial charge is 0.319 e. The molecule has 2 atom stereocenters. The number of pyridine rings is 1. The Morgan fingerprint density at radius 2 is 2.05 bits per heavy atom. The molecule has 4 aromatic rings. The number of phenolic OH excluding ortho intramolecular Hbond substituents is 1. The Kier molecular flexibility index (Phi) is 6.27. The summed E-state index contributed by atoms with van der Waals surface area (Å²) in [5.41, 5.74) is -0.735. The molecular weight excluding hydrogens is 547 g/mol. The summed E-state index contributed by atoms with van der Waals surface area (Å²) in [5.74, 6) is 1.21. The Hall–Kier alpha value is -4.30. The molecule has 2 aromatic heterocycles. The van der Waals surface area contributed by atoms with Crippen LogP contribution >= 0.6 is 0 Å². The van der Waals surface area contributed by atoms with Gasteiger partial charge >= 0.3 is 6.01 Å². The molecule has 8 nitrogen and oxygen atoms in total. The first-order chi connectivity index (χ1) is 20.3. The fraction of sp³-hybridized carbons (Fsp3) is 0.387. The molecule has 0 amide bonds. The van der Waals surface area contributed by atoms with Crippen molar-refractivity contribution in [1.29, 1.82) is 0 Å². The van der Waals surface area contributed by atoms with Gasteiger partial charge in [0.1, 0.15) is 53.4 Å². The number of alkyl halides is 1. The van der Waals surface area contributed by atoms with Crippen molar-refractivity contribution in [1.82, 2.24) is 19.9 Å². The van der Waals surface area contributed by atoms with Crippen LogP contribution in [0.2, 0.25) is 0 Å². The molecule has 2 aromatic carbocycles. The first-order valence-corrected chi connectivity index (χ1v) is 14.0. The minimum Gasteiger partial charge on any atom is -0.508 e. The van der Waals surface area contributed by atoms with Crippen molar-refractivity contribution in [3.05, 3.63) is 41.5 Å². The zero-order valence-corrected chi connectivity index (χ0v) is 23.0. The number of aromatic nitrogens is 3. The third-order valence-electron chi connectivity index (χ3n) is 8.68. The van der Waals surface area contributed by atoms with Crippen LogP contribution in [0, 0.1) is 24.0 Å². The number of terminal acetylenes is 1. The number of benzene rings is 2. The summed E-state index contributed by atoms with van der Waals surface area (Å²) in [5, 5.41) is 11.4. The van der Waals surface area contributed by atoms with Crippen LogP contribution in [0.3, 0.4) is 0 Å². The number of halogens is 3. The first kappa shape index (κ1) is 26.6. The second-order valence-corrected chi connectivity index (χ2v) is 11.1. The largest absolute Gasteiger partial charge is 0.508 e. The third-order valence-corrected chi connectivity index (χ3v) is 8.68. The molecule has 3 aliphatic rings. The molecular formula is C31H28F3N5O3. The van der Waals surface area contributed by atoms with Crippen LogP contribution in [-0.2, 0) is 0 Å². The van der Waals surface area contributed by atoms with Gasteiger partial charge in [-0.2, -0.15) is 9.97 Å². The van der Waals surface area contributed by atoms with E-state index >= 15 is 4.39 Å². The van der Waals surface area contributed by atoms with E-state index in [0.717, 1.165) is 19.4 Å². The van der Waals surface area contributed by atoms with Crippen LogP contribution in [0.5, 0.6) is 17.6 Å². The van der Waals surface area contributed by atoms with Gasteiger partial charge in [0.05, 0.1) is 17.6 Å². The van der Waals surface area contributed by atoms with Gasteiger partial charge in [0, 0.05) is 30.5 Å². The summed E-state index contributed by atoms with van der Waals surface area (Å²) in [6.45, 7) is 4.56. The molecule has 3 aliphatic heterocycles. The topological polar surface area (TPSA) is 83.8 Å². The molecule has 2 fully saturated rings. The van der Waals surface area contributed by atoms with E-state index in [0.29, 0.717) is 37.3 Å². The lowest BCUT2D eigenvalue weighted by Gasteiger charge is -2.31. The number of fused-ring (bicyclic) bond motifs is 2. The fourth-order valence-corrected chi connectivity index (χ4v) is 6.75. The predicted molar refractivity (Wildman–Crippen MR) is 152 cm³/mol. The van der Waals surface area contributed by atoms with Crippen molar-refractivity contribution in [3.8, 4) is 41.2 Å². The van der Waals surface area contributed by atoms with E-state index in [-0.39, 0.29) is 64.0 Å². The van der Waals surface area contributed by atoms with Gasteiger partial charge in [0.25, 0.3) is 0 Å². The number of nitrogens with zero attached hydrogens (tertiary/aromatic N) is 5. The Balaban J connectivity index is 1.43. The minimum atomic E-state index is -0.924. The lowest BCUT2D eigenvalue weighted by atomic mass is 9.95. The summed E-state index contributed by atoms with van der Waals surface area (Å²) in [4.78, 5) is 17.7. The number of phenols is 1. The average Bonchev–Trinajstić information content (AvgIpc) is 3.43. The van der Waals surface area contributed by atoms with Crippen molar-refractivity contribution >= 4 is 27.5 Å². The van der Waals surface area contributed by atoms with Gasteiger partial charge < -0.3 is 19.5 Å². The van der Waals surface area contributed by atoms with Crippen LogP contribution < -0.4 is 14.4 Å². The molecule has 1 N–H and O–H groups in total. The molecule has 11 heteroatoms. The second-order valence-electron chi connectivity index (χ2n) is 11.1. The lowest BCUT2D eigenvalue weighted by Crippen LogP contribution is -2.43. The zero-order chi connectivity index (χ0) is 29.2. The summed E-state index contributed by atoms with van der Waals surface area (Å²) in [6.07, 6.45) is 6.85. The number of likely N-dealkylation sites (N-methyl/N-ethyl adjacent to an activating group) is 1. The first-order valence-electron chi connectivity index (χ1n) is 14.0. The number of aromatic hydroxyl groups is 1. The van der Waals surface area contributed by atoms with Gasteiger partial charge in [-0.3, -0.25) is 4.90 Å². The highest BCUT2D eigenvalue weighted by Crippen LogP contribution is 2.44. The Morgan fingerprint density at radius 1 is 1.19 bits per heavy atom. The molecule has 216 valence electrons. The Labute approximate surface area is 240 Å². The maximum atomic E-state index is 16.7. The van der Waals surface area contributed by atoms with E-state index in [1.807, 2.05) is 11.8 Å². The van der Waals surface area contributed by atoms with Gasteiger partial charge in [-0.1, -0.05) is 12.0 Å². The molecule has 0 spiro atoms. The zero-order valence-electron chi connectivity index (χ0n) is 23.0. The van der Waals surface area contributed by atoms with E-state index in [9.17, 15) is 13.9 Å². The monoisotopic (exact) mass is 575 g/mol. The van der Waals surface area contributed by atoms with Crippen LogP contribution in [-0.4, -0.2) is 76.1 Å². The van der Waals surface area contributed by atoms with E-state index < -0.39 is 23.3 Å². The third kappa shape index (κ3) is 4.08. The van der Waals surface area contributed by atoms with Crippen molar-refractivity contribution in [2.24, 2.45) is 0 Å². The average molecular weight is 576 g/mol. The molecule has 7 rings (SSSR count). The van der Waals surface area contributed by atoms with E-state index in [4.69, 9.17) is 15.9 Å². The maximum Gasteiger partial charge on any atom is 0.319 e. The normalized spacial score (nSPS) is 21.8. The van der Waals surface area contributed by atoms with Crippen LogP contribution in [0.1, 0.15) is 31.7 Å². The SMILES string of the molecule is C#Cc1c(F)ccc2cc(O)cc(-c3nc4c5c(nc(OC[C@@]67CCCN6C[C@H](F)C7)nc5c3F)N(CC)CCO4)c12. The van der Waals surface area contributed by atoms with Crippen LogP contribution in [0.4, 0.5) is 19.0 Å². The fourth-order valence-electron chi connectivity index (χ4n) is 6.75. The molecule has 42 heavy (non-hydrogen) atoms. The van der Waals surface area contributed by atoms with Gasteiger partial charge in [-0.15, -0.1) is 6.42 Å². The second kappa shape index (κ2) is 9.91. The van der Waals surface area contributed by atoms with Crippen molar-refractivity contribution in [3.63, 3.8) is 0 Å². The number of hydrogen-bond acceptors (Lipinski definition) is 8. The Morgan fingerprint density at radius 3 is 2.86 bits per heavy atom. The number of ether oxygens (including phenoxy) is 2. The molecule has 0 bridgehead atoms. The van der Waals surface area contributed by atoms with Crippen molar-refractivity contribution in [2.45, 2.75) is 37.9 Å². The number of anilines is 1. The van der Waals surface area contributed by atoms with Gasteiger partial charge in [-0.25, -0.2) is 18.2 Å². The van der Waals surface area contributed by atoms with Crippen LogP contribution in [0.25, 0.3) is 32.9 Å². The van der Waals surface area contributed by atoms with E-state index in [1.54, 1.807) is 0 Å². The predicted octanol–water partition coefficient (Wildman–Crippen LogP) is 4.98. The highest BCUT2D eigenvalue weighted by molar-refractivity contribution is 6.04. The van der Waals surface area contributed by atoms with Crippen LogP contribution in [0.15, 0.2) is 24.3 Å². The molecule has 0 aliphatic carbocycles. The van der Waals surface area contributed by atoms with Crippen molar-refractivity contribution in [2.75, 3.05) is 44.3 Å². The summed E-state index contributed by atoms with van der Waals surface area (Å²) < 4.78 is 57.9. The van der Waals surface area contributed by atoms with Gasteiger partial charge in [-0.05, 0) is 49.9 Å². The van der Waals surface area contributed by atoms with E-state index in [2.05, 4.69) is 25.8 Å². The summed E-state index contributed by atoms with van der Waals surface area (Å²) >= 11 is 0. The van der Waals surface area contributed by atoms with E-state index in [1.165, 1.54) is 24.3 Å². The quantitative estimate of drug-likeness (QED) is 0.334. The van der Waals surface area contributed by atoms with Crippen molar-refractivity contribution < 1.29 is 27.8 Å². The maximum absolute atomic E-state index is 16.7. The standard InChI is InChI=1S/C31H28F3N5O3/c1-3-20-22(33)7-6-17-12-19(40)13-21(23(17)20)26-25(34)27-24-28(38(4-2)10-11-41-29(24)35-26)37-30(36-27)42-16-31-8-5-9-39(31)15-18(32)14-31/h1,6-7,12-13,18,40H,4-5,8-11,14-16H2,2H3/t18-,31+/m1/s1. The molecule has 5 heterocycles. The summed E-state index contributed by atoms with van der Waals surface area (Å²) in [6, 6.07) is 5.33. The number of rotatable bonds is 5. The highest BCUT2D eigenvalue weighted by atomic mass is 19.1. The number of hydrogen-bond donors (Lipinski definition) is 1. The summed E-state index contributed by atoms with van der Waals surface area (Å²) in [7, 11) is 0. The Bertz CT molecular complexity index is 1790. The molecule has 0 saturated carbocycles. The van der Waals surface area contributed by atoms with Gasteiger partial charge in [0.15, 0.2) is 5.82 Å². The molecule has 0 radical (unpaired) electrons. The lowest BCUT2D eigenvalue weighted by molar-refractivity contribution is 0.107. The minimum absolute atomic E-state index is 0.0421. The molecule has 0 unspecified atom stereocenters. The highest BCUT2D eigenvalue weighted by Gasteiger charge is 2.49. The van der Waals surface area contributed by atoms with Gasteiger partial charge in [0.2, 0.25) is 5.88 Å². The molecule has 2 saturated heterocycles.